The first-order valence-electron chi connectivity index (χ1n) is 5.80. The zero-order chi connectivity index (χ0) is 13.8. The highest BCUT2D eigenvalue weighted by atomic mass is 19.4. The Labute approximate surface area is 105 Å². The molecule has 18 heavy (non-hydrogen) atoms. The van der Waals surface area contributed by atoms with Gasteiger partial charge in [0.2, 0.25) is 0 Å². The fourth-order valence-electron chi connectivity index (χ4n) is 1.62. The van der Waals surface area contributed by atoms with E-state index in [0.29, 0.717) is 12.0 Å². The molecule has 1 rings (SSSR count). The van der Waals surface area contributed by atoms with Gasteiger partial charge < -0.3 is 10.5 Å². The third-order valence-corrected chi connectivity index (χ3v) is 2.95. The number of alkyl halides is 3. The molecule has 0 saturated heterocycles. The summed E-state index contributed by atoms with van der Waals surface area (Å²) in [4.78, 5) is 0. The minimum absolute atomic E-state index is 0.102. The van der Waals surface area contributed by atoms with Crippen molar-refractivity contribution >= 4 is 0 Å². The topological polar surface area (TPSA) is 35.2 Å². The minimum atomic E-state index is -4.30. The fourth-order valence-corrected chi connectivity index (χ4v) is 1.62. The van der Waals surface area contributed by atoms with Crippen molar-refractivity contribution in [1.82, 2.24) is 0 Å². The van der Waals surface area contributed by atoms with Gasteiger partial charge in [0.05, 0.1) is 11.7 Å². The fraction of sp³-hybridized carbons (Fsp3) is 0.538. The molecule has 2 N–H and O–H groups in total. The maximum absolute atomic E-state index is 12.4. The van der Waals surface area contributed by atoms with E-state index in [1.165, 1.54) is 12.1 Å². The van der Waals surface area contributed by atoms with Crippen LogP contribution < -0.4 is 5.73 Å². The van der Waals surface area contributed by atoms with Crippen LogP contribution in [-0.2, 0) is 10.9 Å². The van der Waals surface area contributed by atoms with Crippen LogP contribution in [0.25, 0.3) is 0 Å². The van der Waals surface area contributed by atoms with Gasteiger partial charge in [0.15, 0.2) is 0 Å². The molecule has 0 heterocycles. The van der Waals surface area contributed by atoms with Gasteiger partial charge in [-0.25, -0.2) is 0 Å². The Balaban J connectivity index is 2.62. The van der Waals surface area contributed by atoms with Crippen LogP contribution in [0, 0.1) is 0 Å². The molecule has 0 radical (unpaired) electrons. The minimum Gasteiger partial charge on any atom is -0.382 e. The third kappa shape index (κ3) is 4.31. The molecule has 2 nitrogen and oxygen atoms in total. The lowest BCUT2D eigenvalue weighted by atomic mass is 10.00. The lowest BCUT2D eigenvalue weighted by Crippen LogP contribution is -2.14. The van der Waals surface area contributed by atoms with Crippen LogP contribution in [0.3, 0.4) is 0 Å². The first kappa shape index (κ1) is 15.0. The van der Waals surface area contributed by atoms with Crippen molar-refractivity contribution in [3.8, 4) is 0 Å². The molecular formula is C13H18F3NO. The maximum Gasteiger partial charge on any atom is 0.416 e. The highest BCUT2D eigenvalue weighted by Crippen LogP contribution is 2.30. The summed E-state index contributed by atoms with van der Waals surface area (Å²) in [5, 5.41) is 0. The van der Waals surface area contributed by atoms with Crippen molar-refractivity contribution in [2.24, 2.45) is 5.73 Å². The summed E-state index contributed by atoms with van der Waals surface area (Å²) < 4.78 is 42.2. The molecule has 0 aliphatic carbocycles. The molecule has 0 saturated carbocycles. The Kier molecular flexibility index (Phi) is 5.16. The molecule has 5 heteroatoms. The Morgan fingerprint density at radius 2 is 1.72 bits per heavy atom. The Morgan fingerprint density at radius 3 is 2.17 bits per heavy atom. The molecule has 1 aromatic carbocycles. The van der Waals surface area contributed by atoms with E-state index in [-0.39, 0.29) is 12.1 Å². The predicted octanol–water partition coefficient (Wildman–Crippen LogP) is 3.52. The van der Waals surface area contributed by atoms with Crippen molar-refractivity contribution in [3.63, 3.8) is 0 Å². The molecule has 0 fully saturated rings. The average Bonchev–Trinajstić information content (AvgIpc) is 2.34. The van der Waals surface area contributed by atoms with E-state index in [2.05, 4.69) is 0 Å². The van der Waals surface area contributed by atoms with Crippen LogP contribution in [0.1, 0.15) is 36.9 Å². The Hall–Kier alpha value is -1.07. The molecule has 0 aliphatic heterocycles. The normalized spacial score (nSPS) is 15.4. The number of methoxy groups -OCH3 is 1. The van der Waals surface area contributed by atoms with Crippen LogP contribution in [-0.4, -0.2) is 13.2 Å². The summed E-state index contributed by atoms with van der Waals surface area (Å²) in [6.45, 7) is 1.93. The summed E-state index contributed by atoms with van der Waals surface area (Å²) in [5.41, 5.74) is 5.99. The standard InChI is InChI=1S/C13H18F3NO/c1-9(18-2)3-8-12(17)10-4-6-11(7-5-10)13(14,15)16/h4-7,9,12H,3,8,17H2,1-2H3. The lowest BCUT2D eigenvalue weighted by Gasteiger charge is -2.15. The van der Waals surface area contributed by atoms with Crippen LogP contribution in [0.4, 0.5) is 13.2 Å². The average molecular weight is 261 g/mol. The monoisotopic (exact) mass is 261 g/mol. The maximum atomic E-state index is 12.4. The summed E-state index contributed by atoms with van der Waals surface area (Å²) in [6.07, 6.45) is -2.74. The molecule has 2 atom stereocenters. The smallest absolute Gasteiger partial charge is 0.382 e. The molecule has 0 aromatic heterocycles. The second-order valence-electron chi connectivity index (χ2n) is 4.35. The zero-order valence-electron chi connectivity index (χ0n) is 10.5. The second kappa shape index (κ2) is 6.20. The number of hydrogen-bond acceptors (Lipinski definition) is 2. The van der Waals surface area contributed by atoms with Gasteiger partial charge in [-0.1, -0.05) is 12.1 Å². The van der Waals surface area contributed by atoms with E-state index < -0.39 is 11.7 Å². The molecule has 0 amide bonds. The van der Waals surface area contributed by atoms with Crippen LogP contribution in [0.15, 0.2) is 24.3 Å². The number of rotatable bonds is 5. The lowest BCUT2D eigenvalue weighted by molar-refractivity contribution is -0.137. The number of hydrogen-bond donors (Lipinski definition) is 1. The van der Waals surface area contributed by atoms with E-state index in [0.717, 1.165) is 18.6 Å². The van der Waals surface area contributed by atoms with Gasteiger partial charge in [0.1, 0.15) is 0 Å². The first-order chi connectivity index (χ1) is 8.34. The zero-order valence-corrected chi connectivity index (χ0v) is 10.5. The van der Waals surface area contributed by atoms with E-state index in [1.807, 2.05) is 6.92 Å². The van der Waals surface area contributed by atoms with E-state index in [1.54, 1.807) is 7.11 Å². The molecule has 2 unspecified atom stereocenters. The molecular weight excluding hydrogens is 243 g/mol. The predicted molar refractivity (Wildman–Crippen MR) is 64.1 cm³/mol. The number of benzene rings is 1. The second-order valence-corrected chi connectivity index (χ2v) is 4.35. The van der Waals surface area contributed by atoms with Gasteiger partial charge in [0.25, 0.3) is 0 Å². The van der Waals surface area contributed by atoms with Gasteiger partial charge in [-0.2, -0.15) is 13.2 Å². The van der Waals surface area contributed by atoms with E-state index in [9.17, 15) is 13.2 Å². The van der Waals surface area contributed by atoms with Crippen molar-refractivity contribution in [3.05, 3.63) is 35.4 Å². The van der Waals surface area contributed by atoms with Gasteiger partial charge in [0, 0.05) is 13.2 Å². The van der Waals surface area contributed by atoms with E-state index in [4.69, 9.17) is 10.5 Å². The largest absolute Gasteiger partial charge is 0.416 e. The molecule has 0 bridgehead atoms. The molecule has 102 valence electrons. The first-order valence-corrected chi connectivity index (χ1v) is 5.80. The Bertz CT molecular complexity index is 361. The summed E-state index contributed by atoms with van der Waals surface area (Å²) >= 11 is 0. The van der Waals surface area contributed by atoms with Crippen LogP contribution in [0.2, 0.25) is 0 Å². The Morgan fingerprint density at radius 1 is 1.17 bits per heavy atom. The van der Waals surface area contributed by atoms with Crippen molar-refractivity contribution in [2.75, 3.05) is 7.11 Å². The van der Waals surface area contributed by atoms with Crippen molar-refractivity contribution in [1.29, 1.82) is 0 Å². The van der Waals surface area contributed by atoms with Crippen LogP contribution >= 0.6 is 0 Å². The van der Waals surface area contributed by atoms with Gasteiger partial charge >= 0.3 is 6.18 Å². The van der Waals surface area contributed by atoms with Gasteiger partial charge in [-0.3, -0.25) is 0 Å². The highest BCUT2D eigenvalue weighted by Gasteiger charge is 2.30. The van der Waals surface area contributed by atoms with Gasteiger partial charge in [-0.15, -0.1) is 0 Å². The quantitative estimate of drug-likeness (QED) is 0.880. The number of ether oxygens (including phenoxy) is 1. The molecule has 0 aliphatic rings. The SMILES string of the molecule is COC(C)CCC(N)c1ccc(C(F)(F)F)cc1. The summed E-state index contributed by atoms with van der Waals surface area (Å²) in [6, 6.07) is 4.74. The molecule has 0 spiro atoms. The van der Waals surface area contributed by atoms with E-state index >= 15 is 0 Å². The molecule has 1 aromatic rings. The van der Waals surface area contributed by atoms with Gasteiger partial charge in [-0.05, 0) is 37.5 Å². The highest BCUT2D eigenvalue weighted by molar-refractivity contribution is 5.26. The third-order valence-electron chi connectivity index (χ3n) is 2.95. The van der Waals surface area contributed by atoms with Crippen LogP contribution in [0.5, 0.6) is 0 Å². The summed E-state index contributed by atoms with van der Waals surface area (Å²) in [5.74, 6) is 0. The van der Waals surface area contributed by atoms with Crippen molar-refractivity contribution in [2.45, 2.75) is 38.1 Å². The van der Waals surface area contributed by atoms with Crippen molar-refractivity contribution < 1.29 is 17.9 Å². The number of halogens is 3. The number of nitrogens with two attached hydrogens (primary N) is 1. The summed E-state index contributed by atoms with van der Waals surface area (Å²) in [7, 11) is 1.62.